The van der Waals surface area contributed by atoms with Crippen LogP contribution in [0, 0.1) is 11.7 Å². The van der Waals surface area contributed by atoms with E-state index in [0.717, 1.165) is 30.6 Å². The molecule has 1 atom stereocenters. The Bertz CT molecular complexity index is 699. The van der Waals surface area contributed by atoms with Gasteiger partial charge in [0.2, 0.25) is 0 Å². The molecule has 2 aromatic rings. The van der Waals surface area contributed by atoms with Crippen molar-refractivity contribution in [1.29, 1.82) is 0 Å². The minimum absolute atomic E-state index is 0.0383. The average molecular weight is 309 g/mol. The third kappa shape index (κ3) is 2.78. The van der Waals surface area contributed by atoms with E-state index in [-0.39, 0.29) is 10.9 Å². The molecule has 110 valence electrons. The summed E-state index contributed by atoms with van der Waals surface area (Å²) in [6.07, 6.45) is 2.63. The highest BCUT2D eigenvalue weighted by atomic mass is 35.5. The number of benzene rings is 1. The number of nitrogens with zero attached hydrogens (tertiary/aromatic N) is 1. The normalized spacial score (nSPS) is 17.4. The molecule has 0 fully saturated rings. The van der Waals surface area contributed by atoms with Gasteiger partial charge >= 0.3 is 0 Å². The van der Waals surface area contributed by atoms with Gasteiger partial charge in [0.15, 0.2) is 5.69 Å². The van der Waals surface area contributed by atoms with Gasteiger partial charge in [-0.15, -0.1) is 0 Å². The monoisotopic (exact) mass is 308 g/mol. The van der Waals surface area contributed by atoms with Gasteiger partial charge in [0, 0.05) is 17.7 Å². The molecule has 1 aliphatic carbocycles. The maximum Gasteiger partial charge on any atom is 0.278 e. The summed E-state index contributed by atoms with van der Waals surface area (Å²) in [6.45, 7) is 2.14. The topological polar surface area (TPSA) is 55.1 Å². The molecule has 4 nitrogen and oxygen atoms in total. The first-order chi connectivity index (χ1) is 10.0. The summed E-state index contributed by atoms with van der Waals surface area (Å²) in [5.74, 6) is 0.401. The number of nitrogens with one attached hydrogen (secondary N) is 1. The molecule has 0 spiro atoms. The van der Waals surface area contributed by atoms with Crippen molar-refractivity contribution < 1.29 is 13.7 Å². The Morgan fingerprint density at radius 1 is 1.52 bits per heavy atom. The first kappa shape index (κ1) is 14.1. The van der Waals surface area contributed by atoms with Crippen molar-refractivity contribution in [3.8, 4) is 0 Å². The van der Waals surface area contributed by atoms with Crippen LogP contribution < -0.4 is 5.32 Å². The number of hydrogen-bond acceptors (Lipinski definition) is 3. The second-order valence-corrected chi connectivity index (χ2v) is 5.77. The molecule has 21 heavy (non-hydrogen) atoms. The van der Waals surface area contributed by atoms with Crippen molar-refractivity contribution in [3.05, 3.63) is 46.1 Å². The molecular formula is C15H14ClFN2O2. The molecule has 1 amide bonds. The summed E-state index contributed by atoms with van der Waals surface area (Å²) in [6, 6.07) is 4.02. The Kier molecular flexibility index (Phi) is 3.68. The molecule has 6 heteroatoms. The number of amides is 1. The van der Waals surface area contributed by atoms with Gasteiger partial charge < -0.3 is 9.84 Å². The molecule has 1 N–H and O–H groups in total. The fourth-order valence-electron chi connectivity index (χ4n) is 2.52. The number of anilines is 1. The van der Waals surface area contributed by atoms with Crippen molar-refractivity contribution in [2.24, 2.45) is 5.92 Å². The van der Waals surface area contributed by atoms with Gasteiger partial charge in [0.05, 0.1) is 5.02 Å². The van der Waals surface area contributed by atoms with Gasteiger partial charge in [-0.3, -0.25) is 4.79 Å². The average Bonchev–Trinajstić information content (AvgIpc) is 2.86. The van der Waals surface area contributed by atoms with Crippen LogP contribution in [0.1, 0.15) is 35.2 Å². The molecule has 0 saturated heterocycles. The molecule has 1 aliphatic rings. The van der Waals surface area contributed by atoms with Gasteiger partial charge in [-0.05, 0) is 37.0 Å². The minimum Gasteiger partial charge on any atom is -0.360 e. The van der Waals surface area contributed by atoms with E-state index in [1.165, 1.54) is 18.2 Å². The summed E-state index contributed by atoms with van der Waals surface area (Å²) in [4.78, 5) is 12.3. The zero-order valence-corrected chi connectivity index (χ0v) is 12.2. The Balaban J connectivity index is 1.83. The van der Waals surface area contributed by atoms with Crippen molar-refractivity contribution in [3.63, 3.8) is 0 Å². The lowest BCUT2D eigenvalue weighted by molar-refractivity contribution is 0.101. The van der Waals surface area contributed by atoms with E-state index in [2.05, 4.69) is 17.4 Å². The summed E-state index contributed by atoms with van der Waals surface area (Å²) < 4.78 is 18.3. The fraction of sp³-hybridized carbons (Fsp3) is 0.333. The van der Waals surface area contributed by atoms with Crippen molar-refractivity contribution in [2.75, 3.05) is 5.32 Å². The Labute approximate surface area is 126 Å². The van der Waals surface area contributed by atoms with Crippen LogP contribution in [-0.2, 0) is 12.8 Å². The number of aryl methyl sites for hydroxylation is 1. The lowest BCUT2D eigenvalue weighted by Crippen LogP contribution is -2.17. The maximum atomic E-state index is 13.1. The molecule has 0 bridgehead atoms. The molecule has 3 rings (SSSR count). The number of aromatic nitrogens is 1. The highest BCUT2D eigenvalue weighted by Crippen LogP contribution is 2.28. The molecule has 1 heterocycles. The zero-order chi connectivity index (χ0) is 15.0. The number of halogens is 2. The largest absolute Gasteiger partial charge is 0.360 e. The van der Waals surface area contributed by atoms with E-state index in [1.54, 1.807) is 0 Å². The third-order valence-electron chi connectivity index (χ3n) is 3.68. The van der Waals surface area contributed by atoms with Gasteiger partial charge in [0.1, 0.15) is 11.6 Å². The van der Waals surface area contributed by atoms with Crippen LogP contribution in [0.3, 0.4) is 0 Å². The van der Waals surface area contributed by atoms with Crippen LogP contribution in [0.2, 0.25) is 5.02 Å². The third-order valence-corrected chi connectivity index (χ3v) is 3.97. The van der Waals surface area contributed by atoms with Crippen LogP contribution in [0.15, 0.2) is 22.7 Å². The summed E-state index contributed by atoms with van der Waals surface area (Å²) in [5, 5.41) is 6.50. The van der Waals surface area contributed by atoms with Crippen molar-refractivity contribution >= 4 is 23.2 Å². The first-order valence-electron chi connectivity index (χ1n) is 6.78. The van der Waals surface area contributed by atoms with Crippen LogP contribution in [0.5, 0.6) is 0 Å². The number of fused-ring (bicyclic) bond motifs is 1. The molecule has 0 aliphatic heterocycles. The fourth-order valence-corrected chi connectivity index (χ4v) is 2.70. The summed E-state index contributed by atoms with van der Waals surface area (Å²) in [7, 11) is 0. The highest BCUT2D eigenvalue weighted by molar-refractivity contribution is 6.31. The second kappa shape index (κ2) is 5.48. The van der Waals surface area contributed by atoms with Crippen molar-refractivity contribution in [2.45, 2.75) is 26.2 Å². The number of rotatable bonds is 2. The van der Waals surface area contributed by atoms with Crippen LogP contribution in [0.25, 0.3) is 0 Å². The van der Waals surface area contributed by atoms with Gasteiger partial charge in [-0.25, -0.2) is 4.39 Å². The standard InChI is InChI=1S/C15H14ClFN2O2/c1-8-2-5-13-10(6-8)14(19-21-13)15(20)18-9-3-4-12(17)11(16)7-9/h3-4,7-8H,2,5-6H2,1H3,(H,18,20). The molecule has 0 saturated carbocycles. The number of carbonyl (C=O) groups is 1. The maximum absolute atomic E-state index is 13.1. The number of hydrogen-bond donors (Lipinski definition) is 1. The van der Waals surface area contributed by atoms with E-state index < -0.39 is 5.82 Å². The lowest BCUT2D eigenvalue weighted by Gasteiger charge is -2.16. The highest BCUT2D eigenvalue weighted by Gasteiger charge is 2.27. The Morgan fingerprint density at radius 3 is 3.10 bits per heavy atom. The lowest BCUT2D eigenvalue weighted by atomic mass is 9.88. The number of carbonyl (C=O) groups excluding carboxylic acids is 1. The summed E-state index contributed by atoms with van der Waals surface area (Å²) >= 11 is 5.70. The predicted molar refractivity (Wildman–Crippen MR) is 77.1 cm³/mol. The van der Waals surface area contributed by atoms with Gasteiger partial charge in [0.25, 0.3) is 5.91 Å². The van der Waals surface area contributed by atoms with Crippen LogP contribution in [0.4, 0.5) is 10.1 Å². The smallest absolute Gasteiger partial charge is 0.278 e. The SMILES string of the molecule is CC1CCc2onc(C(=O)Nc3ccc(F)c(Cl)c3)c2C1. The zero-order valence-electron chi connectivity index (χ0n) is 11.5. The Hall–Kier alpha value is -1.88. The van der Waals surface area contributed by atoms with E-state index in [1.807, 2.05) is 0 Å². The first-order valence-corrected chi connectivity index (χ1v) is 7.16. The van der Waals surface area contributed by atoms with Crippen LogP contribution >= 0.6 is 11.6 Å². The molecular weight excluding hydrogens is 295 g/mol. The van der Waals surface area contributed by atoms with Crippen molar-refractivity contribution in [1.82, 2.24) is 5.16 Å². The minimum atomic E-state index is -0.526. The summed E-state index contributed by atoms with van der Waals surface area (Å²) in [5.41, 5.74) is 1.60. The predicted octanol–water partition coefficient (Wildman–Crippen LogP) is 3.84. The Morgan fingerprint density at radius 2 is 2.33 bits per heavy atom. The van der Waals surface area contributed by atoms with Crippen LogP contribution in [-0.4, -0.2) is 11.1 Å². The quantitative estimate of drug-likeness (QED) is 0.917. The molecule has 1 aromatic heterocycles. The van der Waals surface area contributed by atoms with E-state index in [4.69, 9.17) is 16.1 Å². The molecule has 1 aromatic carbocycles. The van der Waals surface area contributed by atoms with E-state index in [9.17, 15) is 9.18 Å². The second-order valence-electron chi connectivity index (χ2n) is 5.36. The van der Waals surface area contributed by atoms with E-state index in [0.29, 0.717) is 17.3 Å². The van der Waals surface area contributed by atoms with Gasteiger partial charge in [-0.2, -0.15) is 0 Å². The molecule has 1 unspecified atom stereocenters. The molecule has 0 radical (unpaired) electrons. The van der Waals surface area contributed by atoms with Gasteiger partial charge in [-0.1, -0.05) is 23.7 Å². The van der Waals surface area contributed by atoms with E-state index >= 15 is 0 Å².